The molecule has 0 radical (unpaired) electrons. The molecule has 0 aromatic carbocycles. The zero-order valence-electron chi connectivity index (χ0n) is 9.48. The van der Waals surface area contributed by atoms with Gasteiger partial charge in [-0.2, -0.15) is 5.26 Å². The molecule has 2 heterocycles. The molecule has 0 spiro atoms. The highest BCUT2D eigenvalue weighted by molar-refractivity contribution is 5.24. The summed E-state index contributed by atoms with van der Waals surface area (Å²) in [5, 5.41) is 20.1. The lowest BCUT2D eigenvalue weighted by molar-refractivity contribution is -0.192. The van der Waals surface area contributed by atoms with Crippen molar-refractivity contribution in [3.05, 3.63) is 0 Å². The normalized spacial score (nSPS) is 54.7. The second-order valence-corrected chi connectivity index (χ2v) is 5.41. The van der Waals surface area contributed by atoms with Crippen molar-refractivity contribution in [2.24, 2.45) is 5.41 Å². The highest BCUT2D eigenvalue weighted by Gasteiger charge is 2.67. The van der Waals surface area contributed by atoms with Crippen LogP contribution in [-0.4, -0.2) is 36.1 Å². The fraction of sp³-hybridized carbons (Fsp3) is 0.917. The summed E-state index contributed by atoms with van der Waals surface area (Å²) in [5.74, 6) is 0. The maximum atomic E-state index is 10.6. The van der Waals surface area contributed by atoms with E-state index in [4.69, 9.17) is 9.47 Å². The SMILES string of the molecule is COC1CC(O)(C2(C#N)CC3CCC2O3)C1. The lowest BCUT2D eigenvalue weighted by Crippen LogP contribution is -2.62. The fourth-order valence-corrected chi connectivity index (χ4v) is 3.64. The van der Waals surface area contributed by atoms with E-state index in [0.29, 0.717) is 19.3 Å². The third-order valence-corrected chi connectivity index (χ3v) is 4.70. The second kappa shape index (κ2) is 3.19. The Balaban J connectivity index is 1.85. The standard InChI is InChI=1S/C12H17NO3/c1-15-9-5-12(14,6-9)11(7-13)4-8-2-3-10(11)16-8/h8-10,14H,2-6H2,1H3. The van der Waals surface area contributed by atoms with E-state index in [9.17, 15) is 10.4 Å². The summed E-state index contributed by atoms with van der Waals surface area (Å²) >= 11 is 0. The summed E-state index contributed by atoms with van der Waals surface area (Å²) in [6, 6.07) is 2.37. The Labute approximate surface area is 95.2 Å². The molecule has 1 N–H and O–H groups in total. The highest BCUT2D eigenvalue weighted by atomic mass is 16.5. The molecule has 3 unspecified atom stereocenters. The van der Waals surface area contributed by atoms with Gasteiger partial charge in [-0.25, -0.2) is 0 Å². The highest BCUT2D eigenvalue weighted by Crippen LogP contribution is 2.59. The Bertz CT molecular complexity index is 345. The largest absolute Gasteiger partial charge is 0.388 e. The number of ether oxygens (including phenoxy) is 2. The van der Waals surface area contributed by atoms with Gasteiger partial charge >= 0.3 is 0 Å². The van der Waals surface area contributed by atoms with Gasteiger partial charge in [0.25, 0.3) is 0 Å². The van der Waals surface area contributed by atoms with Gasteiger partial charge in [-0.3, -0.25) is 0 Å². The number of hydrogen-bond donors (Lipinski definition) is 1. The first-order chi connectivity index (χ1) is 7.63. The first-order valence-corrected chi connectivity index (χ1v) is 5.95. The number of hydrogen-bond acceptors (Lipinski definition) is 4. The average molecular weight is 223 g/mol. The summed E-state index contributed by atoms with van der Waals surface area (Å²) in [4.78, 5) is 0. The minimum absolute atomic E-state index is 0.0645. The second-order valence-electron chi connectivity index (χ2n) is 5.41. The molecule has 3 atom stereocenters. The number of aliphatic hydroxyl groups is 1. The van der Waals surface area contributed by atoms with Crippen LogP contribution in [0.2, 0.25) is 0 Å². The number of nitriles is 1. The van der Waals surface area contributed by atoms with Crippen LogP contribution in [0.3, 0.4) is 0 Å². The summed E-state index contributed by atoms with van der Waals surface area (Å²) in [6.07, 6.45) is 4.03. The lowest BCUT2D eigenvalue weighted by Gasteiger charge is -2.52. The number of nitrogens with zero attached hydrogens (tertiary/aromatic N) is 1. The molecule has 2 aliphatic heterocycles. The van der Waals surface area contributed by atoms with Crippen molar-refractivity contribution >= 4 is 0 Å². The molecule has 1 aliphatic carbocycles. The fourth-order valence-electron chi connectivity index (χ4n) is 3.64. The zero-order valence-corrected chi connectivity index (χ0v) is 9.48. The van der Waals surface area contributed by atoms with E-state index < -0.39 is 11.0 Å². The van der Waals surface area contributed by atoms with E-state index >= 15 is 0 Å². The van der Waals surface area contributed by atoms with Gasteiger partial charge in [0.2, 0.25) is 0 Å². The molecule has 1 saturated carbocycles. The van der Waals surface area contributed by atoms with Crippen LogP contribution in [0.15, 0.2) is 0 Å². The molecular formula is C12H17NO3. The van der Waals surface area contributed by atoms with Crippen LogP contribution < -0.4 is 0 Å². The Morgan fingerprint density at radius 2 is 2.12 bits per heavy atom. The van der Waals surface area contributed by atoms with Crippen LogP contribution in [0.5, 0.6) is 0 Å². The molecule has 2 saturated heterocycles. The number of methoxy groups -OCH3 is 1. The molecule has 4 nitrogen and oxygen atoms in total. The van der Waals surface area contributed by atoms with Gasteiger partial charge in [-0.1, -0.05) is 0 Å². The molecule has 3 fully saturated rings. The van der Waals surface area contributed by atoms with Crippen LogP contribution in [0.4, 0.5) is 0 Å². The molecule has 88 valence electrons. The van der Waals surface area contributed by atoms with Crippen molar-refractivity contribution in [2.45, 2.75) is 56.0 Å². The van der Waals surface area contributed by atoms with Gasteiger partial charge in [0, 0.05) is 20.0 Å². The molecule has 3 rings (SSSR count). The van der Waals surface area contributed by atoms with Crippen molar-refractivity contribution in [2.75, 3.05) is 7.11 Å². The van der Waals surface area contributed by atoms with Crippen LogP contribution >= 0.6 is 0 Å². The van der Waals surface area contributed by atoms with Crippen LogP contribution in [0, 0.1) is 16.7 Å². The molecular weight excluding hydrogens is 206 g/mol. The monoisotopic (exact) mass is 223 g/mol. The molecule has 0 aromatic rings. The third kappa shape index (κ3) is 1.09. The zero-order chi connectivity index (χ0) is 11.4. The Kier molecular flexibility index (Phi) is 2.10. The summed E-state index contributed by atoms with van der Waals surface area (Å²) in [6.45, 7) is 0. The first-order valence-electron chi connectivity index (χ1n) is 5.95. The molecule has 2 bridgehead atoms. The van der Waals surface area contributed by atoms with E-state index in [-0.39, 0.29) is 18.3 Å². The van der Waals surface area contributed by atoms with Gasteiger partial charge in [0.1, 0.15) is 5.41 Å². The number of rotatable bonds is 2. The van der Waals surface area contributed by atoms with Gasteiger partial charge in [-0.05, 0) is 19.3 Å². The van der Waals surface area contributed by atoms with Crippen LogP contribution in [0.1, 0.15) is 32.1 Å². The van der Waals surface area contributed by atoms with E-state index in [1.807, 2.05) is 0 Å². The van der Waals surface area contributed by atoms with Crippen molar-refractivity contribution in [1.29, 1.82) is 5.26 Å². The predicted molar refractivity (Wildman–Crippen MR) is 55.5 cm³/mol. The number of fused-ring (bicyclic) bond motifs is 2. The summed E-state index contributed by atoms with van der Waals surface area (Å²) in [5.41, 5.74) is -1.56. The Hall–Kier alpha value is -0.630. The van der Waals surface area contributed by atoms with Crippen LogP contribution in [0.25, 0.3) is 0 Å². The van der Waals surface area contributed by atoms with E-state index in [1.165, 1.54) is 0 Å². The van der Waals surface area contributed by atoms with Crippen LogP contribution in [-0.2, 0) is 9.47 Å². The minimum atomic E-state index is -0.887. The maximum absolute atomic E-state index is 10.6. The predicted octanol–water partition coefficient (Wildman–Crippen LogP) is 0.988. The summed E-state index contributed by atoms with van der Waals surface area (Å²) in [7, 11) is 1.65. The topological polar surface area (TPSA) is 62.5 Å². The molecule has 16 heavy (non-hydrogen) atoms. The van der Waals surface area contributed by atoms with E-state index in [1.54, 1.807) is 7.11 Å². The van der Waals surface area contributed by atoms with Gasteiger partial charge in [0.05, 0.1) is 30.0 Å². The smallest absolute Gasteiger partial charge is 0.115 e. The van der Waals surface area contributed by atoms with Crippen molar-refractivity contribution in [3.8, 4) is 6.07 Å². The van der Waals surface area contributed by atoms with Crippen molar-refractivity contribution < 1.29 is 14.6 Å². The maximum Gasteiger partial charge on any atom is 0.115 e. The lowest BCUT2D eigenvalue weighted by atomic mass is 9.55. The Morgan fingerprint density at radius 3 is 2.56 bits per heavy atom. The molecule has 0 amide bonds. The molecule has 0 aromatic heterocycles. The first kappa shape index (κ1) is 10.5. The van der Waals surface area contributed by atoms with E-state index in [2.05, 4.69) is 6.07 Å². The van der Waals surface area contributed by atoms with E-state index in [0.717, 1.165) is 12.8 Å². The Morgan fingerprint density at radius 1 is 1.38 bits per heavy atom. The third-order valence-electron chi connectivity index (χ3n) is 4.70. The van der Waals surface area contributed by atoms with Gasteiger partial charge in [-0.15, -0.1) is 0 Å². The quantitative estimate of drug-likeness (QED) is 0.758. The van der Waals surface area contributed by atoms with Crippen molar-refractivity contribution in [1.82, 2.24) is 0 Å². The minimum Gasteiger partial charge on any atom is -0.388 e. The summed E-state index contributed by atoms with van der Waals surface area (Å²) < 4.78 is 10.9. The molecule has 3 aliphatic rings. The van der Waals surface area contributed by atoms with Gasteiger partial charge in [0.15, 0.2) is 0 Å². The van der Waals surface area contributed by atoms with Crippen molar-refractivity contribution in [3.63, 3.8) is 0 Å². The molecule has 4 heteroatoms. The average Bonchev–Trinajstić information content (AvgIpc) is 2.84. The van der Waals surface area contributed by atoms with Gasteiger partial charge < -0.3 is 14.6 Å².